The molecule has 4 aromatic heterocycles. The van der Waals surface area contributed by atoms with Crippen molar-refractivity contribution in [3.63, 3.8) is 0 Å². The monoisotopic (exact) mass is 973 g/mol. The van der Waals surface area contributed by atoms with E-state index < -0.39 is 0 Å². The van der Waals surface area contributed by atoms with E-state index in [2.05, 4.69) is 151 Å². The van der Waals surface area contributed by atoms with Crippen molar-refractivity contribution in [3.8, 4) is 0 Å². The molecule has 2 aliphatic carbocycles. The van der Waals surface area contributed by atoms with Gasteiger partial charge in [0.2, 0.25) is 0 Å². The van der Waals surface area contributed by atoms with E-state index in [1.807, 2.05) is 52.2 Å². The molecule has 4 heterocycles. The summed E-state index contributed by atoms with van der Waals surface area (Å²) in [6, 6.07) is 21.6. The first-order chi connectivity index (χ1) is 32.2. The van der Waals surface area contributed by atoms with Gasteiger partial charge < -0.3 is 40.2 Å². The highest BCUT2D eigenvalue weighted by Crippen LogP contribution is 2.38. The summed E-state index contributed by atoms with van der Waals surface area (Å²) in [5, 5.41) is 11.4. The smallest absolute Gasteiger partial charge is 0.253 e. The molecule has 0 aliphatic heterocycles. The number of pyridine rings is 4. The van der Waals surface area contributed by atoms with Crippen LogP contribution in [0, 0.1) is 27.7 Å². The molecule has 0 spiro atoms. The maximum atomic E-state index is 12.5. The van der Waals surface area contributed by atoms with Crippen molar-refractivity contribution >= 4 is 60.5 Å². The molecule has 0 saturated heterocycles. The van der Waals surface area contributed by atoms with E-state index in [1.54, 1.807) is 0 Å². The Kier molecular flexibility index (Phi) is 16.5. The minimum absolute atomic E-state index is 0.0357. The topological polar surface area (TPSA) is 129 Å². The summed E-state index contributed by atoms with van der Waals surface area (Å²) in [7, 11) is 8.78. The molecular weight excluding hydrogens is 901 g/mol. The molecule has 358 valence electrons. The van der Waals surface area contributed by atoms with Crippen LogP contribution in [0.1, 0.15) is 98.9 Å². The fourth-order valence-electron chi connectivity index (χ4n) is 10.8. The molecule has 0 unspecified atom stereocenters. The van der Waals surface area contributed by atoms with E-state index in [-0.39, 0.29) is 11.1 Å². The van der Waals surface area contributed by atoms with Gasteiger partial charge in [-0.2, -0.15) is 0 Å². The quantitative estimate of drug-likeness (QED) is 0.0838. The summed E-state index contributed by atoms with van der Waals surface area (Å²) < 4.78 is 1.04. The number of halogens is 1. The van der Waals surface area contributed by atoms with E-state index in [1.165, 1.54) is 73.5 Å². The molecule has 12 nitrogen and oxygen atoms in total. The first kappa shape index (κ1) is 49.7. The highest BCUT2D eigenvalue weighted by atomic mass is 79.9. The lowest BCUT2D eigenvalue weighted by atomic mass is 9.89. The zero-order valence-corrected chi connectivity index (χ0v) is 43.1. The van der Waals surface area contributed by atoms with Crippen LogP contribution in [0.5, 0.6) is 0 Å². The predicted molar refractivity (Wildman–Crippen MR) is 284 cm³/mol. The fourth-order valence-corrected chi connectivity index (χ4v) is 11.2. The fraction of sp³-hybridized carbons (Fsp3) is 0.481. The number of hydrogen-bond donors (Lipinski definition) is 4. The number of hydrogen-bond acceptors (Lipinski definition) is 10. The van der Waals surface area contributed by atoms with Gasteiger partial charge in [-0.05, 0) is 175 Å². The zero-order valence-electron chi connectivity index (χ0n) is 41.5. The summed E-state index contributed by atoms with van der Waals surface area (Å²) in [6.07, 6.45) is 13.6. The number of aryl methyl sites for hydroxylation is 4. The summed E-state index contributed by atoms with van der Waals surface area (Å²) >= 11 is 3.75. The van der Waals surface area contributed by atoms with E-state index in [9.17, 15) is 9.59 Å². The van der Waals surface area contributed by atoms with Crippen LogP contribution in [0.25, 0.3) is 21.5 Å². The van der Waals surface area contributed by atoms with Crippen molar-refractivity contribution in [3.05, 3.63) is 126 Å². The Morgan fingerprint density at radius 2 is 1.00 bits per heavy atom. The summed E-state index contributed by atoms with van der Waals surface area (Å²) in [4.78, 5) is 49.9. The van der Waals surface area contributed by atoms with E-state index in [4.69, 9.17) is 0 Å². The van der Waals surface area contributed by atoms with Crippen LogP contribution in [-0.2, 0) is 13.1 Å². The van der Waals surface area contributed by atoms with Gasteiger partial charge in [0.25, 0.3) is 11.1 Å². The second-order valence-electron chi connectivity index (χ2n) is 19.2. The van der Waals surface area contributed by atoms with Gasteiger partial charge in [-0.25, -0.2) is 9.97 Å². The lowest BCUT2D eigenvalue weighted by molar-refractivity contribution is 0.214. The normalized spacial score (nSPS) is 18.5. The predicted octanol–water partition coefficient (Wildman–Crippen LogP) is 10.5. The average Bonchev–Trinajstić information content (AvgIpc) is 3.29. The van der Waals surface area contributed by atoms with Gasteiger partial charge in [0.1, 0.15) is 11.6 Å². The third kappa shape index (κ3) is 11.6. The van der Waals surface area contributed by atoms with Gasteiger partial charge >= 0.3 is 0 Å². The van der Waals surface area contributed by atoms with Crippen molar-refractivity contribution in [1.29, 1.82) is 0 Å². The highest BCUT2D eigenvalue weighted by molar-refractivity contribution is 9.10. The molecule has 6 aromatic rings. The minimum Gasteiger partial charge on any atom is -0.368 e. The van der Waals surface area contributed by atoms with Crippen molar-refractivity contribution in [1.82, 2.24) is 29.7 Å². The molecule has 2 aliphatic rings. The lowest BCUT2D eigenvalue weighted by Crippen LogP contribution is -2.42. The second-order valence-corrected chi connectivity index (χ2v) is 20.1. The largest absolute Gasteiger partial charge is 0.368 e. The summed E-state index contributed by atoms with van der Waals surface area (Å²) in [5.74, 6) is 1.62. The Bertz CT molecular complexity index is 2750. The number of rotatable bonds is 14. The van der Waals surface area contributed by atoms with Gasteiger partial charge in [0.05, 0.1) is 0 Å². The number of anilines is 4. The molecule has 67 heavy (non-hydrogen) atoms. The first-order valence-corrected chi connectivity index (χ1v) is 25.1. The number of aromatic nitrogens is 4. The van der Waals surface area contributed by atoms with Crippen LogP contribution < -0.4 is 31.6 Å². The van der Waals surface area contributed by atoms with E-state index in [0.717, 1.165) is 73.6 Å². The molecule has 0 radical (unpaired) electrons. The van der Waals surface area contributed by atoms with Crippen molar-refractivity contribution in [2.24, 2.45) is 0 Å². The highest BCUT2D eigenvalue weighted by Gasteiger charge is 2.29. The Morgan fingerprint density at radius 3 is 1.45 bits per heavy atom. The standard InChI is InChI=1S/C27H36BrN5O.C27H37N5O/c1-6-33(21-9-7-20(8-10-21)32(4)5)25-15-19(28)14-23-22(25)11-12-29-26(23)30-16-24-17(2)13-18(3)31-27(24)34;1-6-32(21-12-10-20(11-13-21)31(4)5)25-9-7-8-23-22(25)14-15-28-26(23)29-17-24-18(2)16-19(3)30-27(24)33/h11-15,20-21H,6-10,16H2,1-5H3,(H,29,30)(H,31,34);7-9,14-16,20-21H,6,10-13,17H2,1-5H3,(H,28,29)(H,30,33). The number of fused-ring (bicyclic) bond motifs is 2. The van der Waals surface area contributed by atoms with Gasteiger partial charge in [0, 0.05) is 123 Å². The number of benzene rings is 2. The van der Waals surface area contributed by atoms with Crippen LogP contribution in [0.4, 0.5) is 23.0 Å². The molecule has 2 saturated carbocycles. The zero-order chi connectivity index (χ0) is 47.9. The third-order valence-electron chi connectivity index (χ3n) is 14.4. The van der Waals surface area contributed by atoms with Gasteiger partial charge in [-0.3, -0.25) is 9.59 Å². The molecular formula is C54H73BrN10O2. The Hall–Kier alpha value is -5.24. The van der Waals surface area contributed by atoms with Gasteiger partial charge in [-0.1, -0.05) is 28.1 Å². The molecule has 0 bridgehead atoms. The molecule has 13 heteroatoms. The minimum atomic E-state index is -0.0439. The number of aromatic amines is 2. The Balaban J connectivity index is 0.000000199. The number of H-pyrrole nitrogens is 2. The molecule has 4 N–H and O–H groups in total. The summed E-state index contributed by atoms with van der Waals surface area (Å²) in [6.45, 7) is 15.1. The van der Waals surface area contributed by atoms with Crippen molar-refractivity contribution in [2.75, 3.05) is 61.7 Å². The maximum Gasteiger partial charge on any atom is 0.253 e. The van der Waals surface area contributed by atoms with Crippen molar-refractivity contribution in [2.45, 2.75) is 130 Å². The lowest BCUT2D eigenvalue weighted by Gasteiger charge is -2.40. The van der Waals surface area contributed by atoms with Crippen LogP contribution in [0.2, 0.25) is 0 Å². The molecule has 2 aromatic carbocycles. The maximum absolute atomic E-state index is 12.5. The van der Waals surface area contributed by atoms with E-state index >= 15 is 0 Å². The SMILES string of the molecule is CCN(c1cc(Br)cc2c(NCc3c(C)cc(C)[nH]c3=O)nccc12)C1CCC(N(C)C)CC1.CCN(c1cccc2c(NCc3c(C)cc(C)[nH]c3=O)nccc12)C1CCC(N(C)C)CC1. The molecule has 2 fully saturated rings. The molecule has 8 rings (SSSR count). The number of nitrogens with one attached hydrogen (secondary N) is 4. The Labute approximate surface area is 406 Å². The van der Waals surface area contributed by atoms with Crippen molar-refractivity contribution < 1.29 is 0 Å². The Morgan fingerprint density at radius 1 is 0.567 bits per heavy atom. The van der Waals surface area contributed by atoms with Crippen LogP contribution in [0.3, 0.4) is 0 Å². The molecule has 0 amide bonds. The number of nitrogens with zero attached hydrogens (tertiary/aromatic N) is 6. The van der Waals surface area contributed by atoms with Gasteiger partial charge in [-0.15, -0.1) is 0 Å². The molecule has 0 atom stereocenters. The average molecular weight is 974 g/mol. The van der Waals surface area contributed by atoms with Gasteiger partial charge in [0.15, 0.2) is 0 Å². The van der Waals surface area contributed by atoms with Crippen LogP contribution in [-0.4, -0.2) is 95.2 Å². The van der Waals surface area contributed by atoms with E-state index in [0.29, 0.717) is 37.3 Å². The van der Waals surface area contributed by atoms with Crippen LogP contribution >= 0.6 is 15.9 Å². The first-order valence-electron chi connectivity index (χ1n) is 24.4. The summed E-state index contributed by atoms with van der Waals surface area (Å²) in [5.41, 5.74) is 7.68. The third-order valence-corrected chi connectivity index (χ3v) is 14.9. The van der Waals surface area contributed by atoms with Crippen LogP contribution in [0.15, 0.2) is 81.1 Å². The second kappa shape index (κ2) is 22.2.